The minimum Gasteiger partial charge on any atom is -0.444 e. The van der Waals surface area contributed by atoms with Crippen molar-refractivity contribution in [3.63, 3.8) is 0 Å². The van der Waals surface area contributed by atoms with Gasteiger partial charge in [0, 0.05) is 12.3 Å². The van der Waals surface area contributed by atoms with Crippen LogP contribution in [0.3, 0.4) is 0 Å². The van der Waals surface area contributed by atoms with Gasteiger partial charge in [-0.3, -0.25) is 0 Å². The zero-order valence-electron chi connectivity index (χ0n) is 13.1. The topological polar surface area (TPSA) is 47.6 Å². The second-order valence-electron chi connectivity index (χ2n) is 5.38. The molecular weight excluding hydrogens is 262 g/mol. The van der Waals surface area contributed by atoms with Gasteiger partial charge in [0.1, 0.15) is 5.60 Å². The molecule has 1 fully saturated rings. The minimum absolute atomic E-state index is 0.228. The smallest absolute Gasteiger partial charge is 0.407 e. The molecule has 0 unspecified atom stereocenters. The van der Waals surface area contributed by atoms with Gasteiger partial charge in [-0.15, -0.1) is 0 Å². The lowest BCUT2D eigenvalue weighted by molar-refractivity contribution is 0.0476. The number of rotatable bonds is 3. The van der Waals surface area contributed by atoms with Crippen LogP contribution in [0.1, 0.15) is 60.3 Å². The van der Waals surface area contributed by atoms with Gasteiger partial charge in [-0.2, -0.15) is 0 Å². The highest BCUT2D eigenvalue weighted by Crippen LogP contribution is 2.24. The Morgan fingerprint density at radius 1 is 1.16 bits per heavy atom. The van der Waals surface area contributed by atoms with E-state index >= 15 is 0 Å². The van der Waals surface area contributed by atoms with E-state index in [0.29, 0.717) is 6.10 Å². The fourth-order valence-electron chi connectivity index (χ4n) is 1.91. The van der Waals surface area contributed by atoms with E-state index in [1.54, 1.807) is 0 Å². The van der Waals surface area contributed by atoms with E-state index in [4.69, 9.17) is 8.92 Å². The van der Waals surface area contributed by atoms with Gasteiger partial charge in [0.25, 0.3) is 0 Å². The summed E-state index contributed by atoms with van der Waals surface area (Å²) in [4.78, 5) is 11.6. The Morgan fingerprint density at radius 3 is 2.11 bits per heavy atom. The van der Waals surface area contributed by atoms with E-state index in [1.807, 2.05) is 40.9 Å². The van der Waals surface area contributed by atoms with Gasteiger partial charge >= 0.3 is 6.09 Å². The highest BCUT2D eigenvalue weighted by molar-refractivity contribution is 7.93. The number of nitrogens with one attached hydrogen (secondary N) is 1. The second kappa shape index (κ2) is 9.48. The van der Waals surface area contributed by atoms with Gasteiger partial charge < -0.3 is 14.2 Å². The van der Waals surface area contributed by atoms with Crippen LogP contribution in [-0.4, -0.2) is 30.1 Å². The van der Waals surface area contributed by atoms with Crippen LogP contribution in [0, 0.1) is 0 Å². The maximum atomic E-state index is 11.6. The summed E-state index contributed by atoms with van der Waals surface area (Å²) in [6, 6.07) is 0.228. The van der Waals surface area contributed by atoms with Crippen LogP contribution < -0.4 is 5.32 Å². The van der Waals surface area contributed by atoms with Crippen molar-refractivity contribution >= 4 is 18.1 Å². The molecule has 1 saturated carbocycles. The number of hydrogen-bond acceptors (Lipinski definition) is 4. The molecule has 0 radical (unpaired) electrons. The van der Waals surface area contributed by atoms with Crippen LogP contribution in [0.25, 0.3) is 0 Å². The molecule has 4 nitrogen and oxygen atoms in total. The van der Waals surface area contributed by atoms with Crippen LogP contribution in [0.5, 0.6) is 0 Å². The van der Waals surface area contributed by atoms with E-state index in [2.05, 4.69) is 5.32 Å². The maximum Gasteiger partial charge on any atom is 0.407 e. The Kier molecular flexibility index (Phi) is 9.27. The van der Waals surface area contributed by atoms with E-state index in [-0.39, 0.29) is 12.1 Å². The zero-order valence-corrected chi connectivity index (χ0v) is 13.9. The van der Waals surface area contributed by atoms with Crippen LogP contribution >= 0.6 is 12.0 Å². The largest absolute Gasteiger partial charge is 0.444 e. The Bertz CT molecular complexity index is 246. The fourth-order valence-corrected chi connectivity index (χ4v) is 2.38. The quantitative estimate of drug-likeness (QED) is 0.794. The van der Waals surface area contributed by atoms with Crippen LogP contribution in [0.15, 0.2) is 0 Å². The van der Waals surface area contributed by atoms with Crippen molar-refractivity contribution in [3.8, 4) is 0 Å². The Balaban J connectivity index is 0.00000154. The van der Waals surface area contributed by atoms with Crippen LogP contribution in [0.4, 0.5) is 4.79 Å². The Labute approximate surface area is 122 Å². The summed E-state index contributed by atoms with van der Waals surface area (Å²) in [6.45, 7) is 9.61. The molecule has 0 spiro atoms. The summed E-state index contributed by atoms with van der Waals surface area (Å²) >= 11 is 1.42. The standard InChI is InChI=1S/C12H23NO3S.C2H6/c1-12(2,3)15-11(14)13-9-5-7-10(8-6-9)16-17-4;1-2/h9-10H,5-8H2,1-4H3,(H,13,14);1-2H3. The fraction of sp³-hybridized carbons (Fsp3) is 0.929. The Morgan fingerprint density at radius 2 is 1.68 bits per heavy atom. The number of carbonyl (C=O) groups is 1. The van der Waals surface area contributed by atoms with Gasteiger partial charge in [0.05, 0.1) is 6.10 Å². The van der Waals surface area contributed by atoms with Gasteiger partial charge in [0.2, 0.25) is 0 Å². The van der Waals surface area contributed by atoms with Gasteiger partial charge in [-0.05, 0) is 58.5 Å². The lowest BCUT2D eigenvalue weighted by atomic mass is 9.93. The molecule has 1 aliphatic carbocycles. The summed E-state index contributed by atoms with van der Waals surface area (Å²) in [6.07, 6.45) is 5.89. The van der Waals surface area contributed by atoms with E-state index in [9.17, 15) is 4.79 Å². The first-order valence-corrected chi connectivity index (χ1v) is 8.24. The van der Waals surface area contributed by atoms with Crippen LogP contribution in [0.2, 0.25) is 0 Å². The molecule has 0 atom stereocenters. The highest BCUT2D eigenvalue weighted by atomic mass is 32.2. The van der Waals surface area contributed by atoms with Crippen molar-refractivity contribution < 1.29 is 13.7 Å². The van der Waals surface area contributed by atoms with Crippen molar-refractivity contribution in [2.75, 3.05) is 6.26 Å². The normalized spacial score (nSPS) is 23.1. The van der Waals surface area contributed by atoms with E-state index < -0.39 is 5.60 Å². The molecule has 19 heavy (non-hydrogen) atoms. The van der Waals surface area contributed by atoms with Crippen molar-refractivity contribution in [2.24, 2.45) is 0 Å². The third-order valence-corrected chi connectivity index (χ3v) is 3.09. The second-order valence-corrected chi connectivity index (χ2v) is 5.91. The third-order valence-electron chi connectivity index (χ3n) is 2.63. The van der Waals surface area contributed by atoms with Crippen molar-refractivity contribution in [3.05, 3.63) is 0 Å². The number of carbonyl (C=O) groups excluding carboxylic acids is 1. The molecule has 0 saturated heterocycles. The molecule has 0 aromatic heterocycles. The molecule has 0 aromatic rings. The molecule has 5 heteroatoms. The highest BCUT2D eigenvalue weighted by Gasteiger charge is 2.24. The van der Waals surface area contributed by atoms with E-state index in [1.165, 1.54) is 12.0 Å². The summed E-state index contributed by atoms with van der Waals surface area (Å²) in [5, 5.41) is 2.91. The van der Waals surface area contributed by atoms with Gasteiger partial charge in [-0.1, -0.05) is 13.8 Å². The summed E-state index contributed by atoms with van der Waals surface area (Å²) in [5.74, 6) is 0. The monoisotopic (exact) mass is 291 g/mol. The van der Waals surface area contributed by atoms with Crippen molar-refractivity contribution in [2.45, 2.75) is 78.0 Å². The first-order valence-electron chi connectivity index (χ1n) is 7.09. The van der Waals surface area contributed by atoms with Crippen LogP contribution in [-0.2, 0) is 8.92 Å². The average molecular weight is 291 g/mol. The number of ether oxygens (including phenoxy) is 1. The molecule has 1 rings (SSSR count). The van der Waals surface area contributed by atoms with Gasteiger partial charge in [-0.25, -0.2) is 4.79 Å². The number of alkyl carbamates (subject to hydrolysis) is 1. The lowest BCUT2D eigenvalue weighted by Gasteiger charge is -2.29. The first-order chi connectivity index (χ1) is 8.90. The SMILES string of the molecule is CC.CSOC1CCC(NC(=O)OC(C)(C)C)CC1. The minimum atomic E-state index is -0.427. The maximum absolute atomic E-state index is 11.6. The molecule has 114 valence electrons. The molecule has 1 amide bonds. The molecular formula is C14H29NO3S. The molecule has 0 aromatic carbocycles. The average Bonchev–Trinajstić information content (AvgIpc) is 2.32. The predicted molar refractivity (Wildman–Crippen MR) is 81.4 cm³/mol. The first kappa shape index (κ1) is 18.6. The van der Waals surface area contributed by atoms with Crippen molar-refractivity contribution in [1.82, 2.24) is 5.32 Å². The number of amides is 1. The molecule has 0 aliphatic heterocycles. The Hall–Kier alpha value is -0.420. The molecule has 1 N–H and O–H groups in total. The van der Waals surface area contributed by atoms with E-state index in [0.717, 1.165) is 25.7 Å². The van der Waals surface area contributed by atoms with Gasteiger partial charge in [0.15, 0.2) is 0 Å². The third kappa shape index (κ3) is 9.16. The van der Waals surface area contributed by atoms with Crippen molar-refractivity contribution in [1.29, 1.82) is 0 Å². The summed E-state index contributed by atoms with van der Waals surface area (Å²) in [7, 11) is 0. The summed E-state index contributed by atoms with van der Waals surface area (Å²) in [5.41, 5.74) is -0.427. The predicted octanol–water partition coefficient (Wildman–Crippen LogP) is 4.14. The zero-order chi connectivity index (χ0) is 14.9. The number of hydrogen-bond donors (Lipinski definition) is 1. The lowest BCUT2D eigenvalue weighted by Crippen LogP contribution is -2.41. The molecule has 0 bridgehead atoms. The molecule has 0 heterocycles. The summed E-state index contributed by atoms with van der Waals surface area (Å²) < 4.78 is 10.7. The molecule has 1 aliphatic rings.